The number of ether oxygens (including phenoxy) is 6. The number of carbonyl (C=O) groups excluding carboxylic acids is 1. The lowest BCUT2D eigenvalue weighted by molar-refractivity contribution is 0.234. The topological polar surface area (TPSA) is 96.5 Å². The third-order valence-corrected chi connectivity index (χ3v) is 19.6. The van der Waals surface area contributed by atoms with Crippen molar-refractivity contribution in [3.63, 3.8) is 0 Å². The van der Waals surface area contributed by atoms with Gasteiger partial charge in [-0.15, -0.1) is 0 Å². The van der Waals surface area contributed by atoms with E-state index in [1.54, 1.807) is 0 Å². The molecular weight excluding hydrogens is 1500 g/mol. The summed E-state index contributed by atoms with van der Waals surface area (Å²) in [5.41, 5.74) is 1.17. The minimum Gasteiger partial charge on any atom is -0.489 e. The van der Waals surface area contributed by atoms with Gasteiger partial charge >= 0.3 is 6.03 Å². The van der Waals surface area contributed by atoms with Crippen molar-refractivity contribution in [1.82, 2.24) is 0 Å². The number of alkyl halides is 6. The molecular formula is C73H126Br6N2O7. The van der Waals surface area contributed by atoms with E-state index >= 15 is 0 Å². The molecule has 15 heteroatoms. The van der Waals surface area contributed by atoms with Gasteiger partial charge in [0.2, 0.25) is 11.5 Å². The Kier molecular flexibility index (Phi) is 61.7. The third kappa shape index (κ3) is 49.0. The van der Waals surface area contributed by atoms with E-state index in [1.165, 1.54) is 231 Å². The summed E-state index contributed by atoms with van der Waals surface area (Å²) < 4.78 is 40.1. The number of halogens is 6. The van der Waals surface area contributed by atoms with Crippen LogP contribution in [0.3, 0.4) is 0 Å². The van der Waals surface area contributed by atoms with Gasteiger partial charge in [0.25, 0.3) is 0 Å². The van der Waals surface area contributed by atoms with Crippen molar-refractivity contribution >= 4 is 113 Å². The second-order valence-corrected chi connectivity index (χ2v) is 29.1. The highest BCUT2D eigenvalue weighted by atomic mass is 79.9. The van der Waals surface area contributed by atoms with Gasteiger partial charge in [-0.2, -0.15) is 0 Å². The van der Waals surface area contributed by atoms with E-state index in [2.05, 4.69) is 106 Å². The van der Waals surface area contributed by atoms with Crippen molar-refractivity contribution in [2.24, 2.45) is 0 Å². The summed E-state index contributed by atoms with van der Waals surface area (Å²) >= 11 is 21.5. The molecule has 2 aromatic rings. The summed E-state index contributed by atoms with van der Waals surface area (Å²) in [6, 6.07) is 7.31. The van der Waals surface area contributed by atoms with Crippen LogP contribution in [0.4, 0.5) is 16.2 Å². The fraction of sp³-hybridized carbons (Fsp3) is 0.822. The first kappa shape index (κ1) is 83.5. The molecule has 512 valence electrons. The van der Waals surface area contributed by atoms with Crippen molar-refractivity contribution in [3.05, 3.63) is 24.3 Å². The number of amides is 2. The number of anilines is 2. The van der Waals surface area contributed by atoms with E-state index in [4.69, 9.17) is 28.4 Å². The number of hydrogen-bond donors (Lipinski definition) is 2. The van der Waals surface area contributed by atoms with Crippen LogP contribution in [0, 0.1) is 0 Å². The number of carbonyl (C=O) groups is 1. The number of hydrogen-bond acceptors (Lipinski definition) is 7. The minimum atomic E-state index is -0.380. The molecule has 0 saturated carbocycles. The average Bonchev–Trinajstić information content (AvgIpc) is 3.68. The molecule has 2 rings (SSSR count). The quantitative estimate of drug-likeness (QED) is 0.0503. The van der Waals surface area contributed by atoms with Gasteiger partial charge in [-0.1, -0.05) is 327 Å². The first-order valence-corrected chi connectivity index (χ1v) is 42.8. The van der Waals surface area contributed by atoms with Crippen LogP contribution in [-0.2, 0) is 0 Å². The van der Waals surface area contributed by atoms with Gasteiger partial charge in [0, 0.05) is 56.2 Å². The molecule has 0 aromatic heterocycles. The van der Waals surface area contributed by atoms with E-state index < -0.39 is 0 Å². The molecule has 0 aliphatic rings. The maximum atomic E-state index is 14.5. The predicted octanol–water partition coefficient (Wildman–Crippen LogP) is 26.7. The van der Waals surface area contributed by atoms with Crippen molar-refractivity contribution in [2.45, 2.75) is 308 Å². The fourth-order valence-electron chi connectivity index (χ4n) is 10.9. The zero-order chi connectivity index (χ0) is 63.1. The highest BCUT2D eigenvalue weighted by Crippen LogP contribution is 2.43. The molecule has 0 aliphatic carbocycles. The van der Waals surface area contributed by atoms with Crippen molar-refractivity contribution in [3.8, 4) is 34.5 Å². The molecule has 2 amide bonds. The van der Waals surface area contributed by atoms with Crippen LogP contribution in [0.25, 0.3) is 0 Å². The molecule has 0 atom stereocenters. The number of rotatable bonds is 68. The summed E-state index contributed by atoms with van der Waals surface area (Å²) in [5.74, 6) is 3.71. The van der Waals surface area contributed by atoms with Crippen molar-refractivity contribution < 1.29 is 33.2 Å². The van der Waals surface area contributed by atoms with Crippen molar-refractivity contribution in [2.75, 3.05) is 82.3 Å². The van der Waals surface area contributed by atoms with Gasteiger partial charge < -0.3 is 39.1 Å². The Morgan fingerprint density at radius 3 is 0.545 bits per heavy atom. The van der Waals surface area contributed by atoms with E-state index in [1.807, 2.05) is 24.3 Å². The molecule has 2 aromatic carbocycles. The molecule has 0 saturated heterocycles. The second-order valence-electron chi connectivity index (χ2n) is 24.4. The third-order valence-electron chi connectivity index (χ3n) is 16.2. The zero-order valence-electron chi connectivity index (χ0n) is 55.4. The van der Waals surface area contributed by atoms with Crippen LogP contribution >= 0.6 is 95.6 Å². The maximum absolute atomic E-state index is 14.5. The lowest BCUT2D eigenvalue weighted by atomic mass is 10.1. The van der Waals surface area contributed by atoms with Crippen LogP contribution in [0.5, 0.6) is 34.5 Å². The largest absolute Gasteiger partial charge is 0.489 e. The van der Waals surface area contributed by atoms with Gasteiger partial charge in [-0.3, -0.25) is 0 Å². The average molecular weight is 1620 g/mol. The minimum absolute atomic E-state index is 0.380. The summed E-state index contributed by atoms with van der Waals surface area (Å²) in [4.78, 5) is 14.5. The van der Waals surface area contributed by atoms with Gasteiger partial charge in [0.05, 0.1) is 51.0 Å². The van der Waals surface area contributed by atoms with E-state index in [-0.39, 0.29) is 6.03 Å². The van der Waals surface area contributed by atoms with Crippen LogP contribution in [0.15, 0.2) is 24.3 Å². The van der Waals surface area contributed by atoms with E-state index in [9.17, 15) is 4.79 Å². The Morgan fingerprint density at radius 2 is 0.375 bits per heavy atom. The zero-order valence-corrected chi connectivity index (χ0v) is 64.9. The molecule has 0 fully saturated rings. The van der Waals surface area contributed by atoms with E-state index in [0.29, 0.717) is 85.5 Å². The lowest BCUT2D eigenvalue weighted by Crippen LogP contribution is -2.20. The van der Waals surface area contributed by atoms with Crippen LogP contribution < -0.4 is 39.1 Å². The highest BCUT2D eigenvalue weighted by molar-refractivity contribution is 9.10. The van der Waals surface area contributed by atoms with E-state index in [0.717, 1.165) is 109 Å². The molecule has 0 heterocycles. The Labute approximate surface area is 590 Å². The maximum Gasteiger partial charge on any atom is 0.323 e. The Morgan fingerprint density at radius 1 is 0.227 bits per heavy atom. The molecule has 88 heavy (non-hydrogen) atoms. The first-order valence-electron chi connectivity index (χ1n) is 36.1. The molecule has 0 aliphatic heterocycles. The molecule has 0 spiro atoms. The normalized spacial score (nSPS) is 11.3. The lowest BCUT2D eigenvalue weighted by Gasteiger charge is -2.20. The molecule has 0 bridgehead atoms. The number of nitrogens with one attached hydrogen (secondary N) is 2. The van der Waals surface area contributed by atoms with Crippen LogP contribution in [0.2, 0.25) is 0 Å². The standard InChI is InChI=1S/C73H126Br6N2O7/c74-49-37-25-13-1-7-19-31-43-55-83-67-61-65(62-68(84-56-44-32-20-8-2-14-26-38-50-75)71(67)87-59-47-35-23-11-5-17-29-41-53-78)80-73(82)81-66-63-69(85-57-45-33-21-9-3-15-27-39-51-76)72(88-60-48-36-24-12-6-18-30-42-54-79)70(64-66)86-58-46-34-22-10-4-16-28-40-52-77/h61-64H,1-60H2,(H2,80,81,82). The fourth-order valence-corrected chi connectivity index (χ4v) is 13.3. The second kappa shape index (κ2) is 65.1. The monoisotopic (exact) mass is 1620 g/mol. The first-order chi connectivity index (χ1) is 43.5. The number of unbranched alkanes of at least 4 members (excludes halogenated alkanes) is 42. The Bertz CT molecular complexity index is 1640. The summed E-state index contributed by atoms with van der Waals surface area (Å²) in [6.45, 7) is 3.41. The molecule has 0 radical (unpaired) electrons. The van der Waals surface area contributed by atoms with Gasteiger partial charge in [-0.05, 0) is 77.0 Å². The Balaban J connectivity index is 2.46. The molecule has 2 N–H and O–H groups in total. The summed E-state index contributed by atoms with van der Waals surface area (Å²) in [6.07, 6.45) is 58.0. The van der Waals surface area contributed by atoms with Gasteiger partial charge in [-0.25, -0.2) is 4.79 Å². The SMILES string of the molecule is O=C(Nc1cc(OCCCCCCCCCCBr)c(OCCCCCCCCCCBr)c(OCCCCCCCCCCBr)c1)Nc1cc(OCCCCCCCCCCBr)c(OCCCCCCCCCCBr)c(OCCCCCCCCCCBr)c1. The molecule has 9 nitrogen and oxygen atoms in total. The van der Waals surface area contributed by atoms with Gasteiger partial charge in [0.1, 0.15) is 0 Å². The highest BCUT2D eigenvalue weighted by Gasteiger charge is 2.21. The summed E-state index contributed by atoms with van der Waals surface area (Å²) in [5, 5.41) is 12.9. The predicted molar refractivity (Wildman–Crippen MR) is 403 cm³/mol. The number of benzene rings is 2. The molecule has 0 unspecified atom stereocenters. The van der Waals surface area contributed by atoms with Crippen molar-refractivity contribution in [1.29, 1.82) is 0 Å². The van der Waals surface area contributed by atoms with Gasteiger partial charge in [0.15, 0.2) is 23.0 Å². The van der Waals surface area contributed by atoms with Crippen LogP contribution in [0.1, 0.15) is 308 Å². The van der Waals surface area contributed by atoms with Crippen LogP contribution in [-0.4, -0.2) is 77.7 Å². The smallest absolute Gasteiger partial charge is 0.323 e. The summed E-state index contributed by atoms with van der Waals surface area (Å²) in [7, 11) is 0. The Hall–Kier alpha value is -0.610. The number of urea groups is 1.